The maximum absolute atomic E-state index is 13.5. The fourth-order valence-corrected chi connectivity index (χ4v) is 2.24. The highest BCUT2D eigenvalue weighted by Crippen LogP contribution is 2.21. The van der Waals surface area contributed by atoms with Crippen molar-refractivity contribution in [1.82, 2.24) is 9.97 Å². The number of carbonyl (C=O) groups is 1. The van der Waals surface area contributed by atoms with E-state index >= 15 is 0 Å². The molecular formula is C20H17FN2O3. The van der Waals surface area contributed by atoms with Crippen LogP contribution in [0.3, 0.4) is 0 Å². The standard InChI is InChI=1S/C20H17FN2O3/c1-14-2-4-16(5-3-14)26-17-6-7-19(23-12-17)20(24)25-11-9-15-8-10-22-13-18(15)21/h2-8,10,12-13H,9,11H2,1H3. The van der Waals surface area contributed by atoms with Crippen LogP contribution in [0.15, 0.2) is 61.1 Å². The van der Waals surface area contributed by atoms with Crippen molar-refractivity contribution in [3.05, 3.63) is 83.7 Å². The summed E-state index contributed by atoms with van der Waals surface area (Å²) >= 11 is 0. The lowest BCUT2D eigenvalue weighted by Crippen LogP contribution is -2.10. The van der Waals surface area contributed by atoms with Crippen molar-refractivity contribution in [3.8, 4) is 11.5 Å². The van der Waals surface area contributed by atoms with E-state index < -0.39 is 11.8 Å². The van der Waals surface area contributed by atoms with E-state index in [1.54, 1.807) is 12.1 Å². The molecule has 0 aliphatic heterocycles. The number of aromatic nitrogens is 2. The first-order chi connectivity index (χ1) is 12.6. The normalized spacial score (nSPS) is 10.4. The molecule has 2 aromatic heterocycles. The van der Waals surface area contributed by atoms with Gasteiger partial charge in [-0.15, -0.1) is 0 Å². The summed E-state index contributed by atoms with van der Waals surface area (Å²) in [6, 6.07) is 12.3. The Morgan fingerprint density at radius 1 is 1.04 bits per heavy atom. The van der Waals surface area contributed by atoms with Gasteiger partial charge in [0.15, 0.2) is 0 Å². The number of nitrogens with zero attached hydrogens (tertiary/aromatic N) is 2. The van der Waals surface area contributed by atoms with E-state index in [1.165, 1.54) is 18.5 Å². The summed E-state index contributed by atoms with van der Waals surface area (Å²) in [4.78, 5) is 19.7. The van der Waals surface area contributed by atoms with Crippen LogP contribution in [0.2, 0.25) is 0 Å². The van der Waals surface area contributed by atoms with Crippen LogP contribution in [-0.2, 0) is 11.2 Å². The van der Waals surface area contributed by atoms with Gasteiger partial charge in [0.25, 0.3) is 0 Å². The van der Waals surface area contributed by atoms with Gasteiger partial charge in [-0.25, -0.2) is 14.2 Å². The van der Waals surface area contributed by atoms with Crippen LogP contribution in [0, 0.1) is 12.7 Å². The van der Waals surface area contributed by atoms with Crippen molar-refractivity contribution < 1.29 is 18.7 Å². The molecule has 0 radical (unpaired) electrons. The van der Waals surface area contributed by atoms with Gasteiger partial charge >= 0.3 is 5.97 Å². The quantitative estimate of drug-likeness (QED) is 0.625. The van der Waals surface area contributed by atoms with Gasteiger partial charge in [0.05, 0.1) is 19.0 Å². The van der Waals surface area contributed by atoms with Crippen LogP contribution in [0.5, 0.6) is 11.5 Å². The number of halogens is 1. The highest BCUT2D eigenvalue weighted by molar-refractivity contribution is 5.87. The number of ether oxygens (including phenoxy) is 2. The molecule has 0 saturated carbocycles. The molecule has 0 amide bonds. The average Bonchev–Trinajstić information content (AvgIpc) is 2.66. The molecule has 2 heterocycles. The minimum absolute atomic E-state index is 0.0586. The lowest BCUT2D eigenvalue weighted by molar-refractivity contribution is 0.0501. The van der Waals surface area contributed by atoms with Gasteiger partial charge in [0.1, 0.15) is 23.0 Å². The smallest absolute Gasteiger partial charge is 0.356 e. The highest BCUT2D eigenvalue weighted by Gasteiger charge is 2.10. The third kappa shape index (κ3) is 4.63. The topological polar surface area (TPSA) is 61.3 Å². The second-order valence-electron chi connectivity index (χ2n) is 5.65. The predicted octanol–water partition coefficient (Wildman–Crippen LogP) is 4.12. The second kappa shape index (κ2) is 8.20. The van der Waals surface area contributed by atoms with Crippen LogP contribution in [0.25, 0.3) is 0 Å². The molecule has 3 aromatic rings. The molecule has 3 rings (SSSR count). The van der Waals surface area contributed by atoms with Gasteiger partial charge in [-0.1, -0.05) is 17.7 Å². The summed E-state index contributed by atoms with van der Waals surface area (Å²) in [5.74, 6) is 0.219. The molecule has 0 unspecified atom stereocenters. The summed E-state index contributed by atoms with van der Waals surface area (Å²) in [5.41, 5.74) is 1.75. The number of hydrogen-bond acceptors (Lipinski definition) is 5. The van der Waals surface area contributed by atoms with E-state index in [-0.39, 0.29) is 18.7 Å². The summed E-state index contributed by atoms with van der Waals surface area (Å²) in [5, 5.41) is 0. The molecule has 0 aliphatic rings. The van der Waals surface area contributed by atoms with Crippen molar-refractivity contribution in [2.45, 2.75) is 13.3 Å². The molecule has 0 saturated heterocycles. The molecule has 0 N–H and O–H groups in total. The highest BCUT2D eigenvalue weighted by atomic mass is 19.1. The lowest BCUT2D eigenvalue weighted by atomic mass is 10.2. The van der Waals surface area contributed by atoms with Gasteiger partial charge in [-0.3, -0.25) is 4.98 Å². The van der Waals surface area contributed by atoms with E-state index in [0.717, 1.165) is 11.8 Å². The first-order valence-corrected chi connectivity index (χ1v) is 8.08. The number of aryl methyl sites for hydroxylation is 1. The number of pyridine rings is 2. The Morgan fingerprint density at radius 3 is 2.50 bits per heavy atom. The van der Waals surface area contributed by atoms with Gasteiger partial charge < -0.3 is 9.47 Å². The van der Waals surface area contributed by atoms with Gasteiger partial charge in [-0.05, 0) is 42.8 Å². The third-order valence-electron chi connectivity index (χ3n) is 3.66. The first kappa shape index (κ1) is 17.5. The molecule has 26 heavy (non-hydrogen) atoms. The van der Waals surface area contributed by atoms with Gasteiger partial charge in [0.2, 0.25) is 0 Å². The van der Waals surface area contributed by atoms with Gasteiger partial charge in [0, 0.05) is 12.6 Å². The maximum Gasteiger partial charge on any atom is 0.356 e. The molecule has 132 valence electrons. The Bertz CT molecular complexity index is 880. The Labute approximate surface area is 150 Å². The molecule has 0 atom stereocenters. The van der Waals surface area contributed by atoms with Crippen LogP contribution in [0.1, 0.15) is 21.6 Å². The fourth-order valence-electron chi connectivity index (χ4n) is 2.24. The van der Waals surface area contributed by atoms with E-state index in [2.05, 4.69) is 9.97 Å². The van der Waals surface area contributed by atoms with E-state index in [4.69, 9.17) is 9.47 Å². The third-order valence-corrected chi connectivity index (χ3v) is 3.66. The van der Waals surface area contributed by atoms with Crippen molar-refractivity contribution in [2.75, 3.05) is 6.61 Å². The predicted molar refractivity (Wildman–Crippen MR) is 93.7 cm³/mol. The number of rotatable bonds is 6. The fraction of sp³-hybridized carbons (Fsp3) is 0.150. The van der Waals surface area contributed by atoms with Crippen molar-refractivity contribution in [3.63, 3.8) is 0 Å². The monoisotopic (exact) mass is 352 g/mol. The molecular weight excluding hydrogens is 335 g/mol. The van der Waals surface area contributed by atoms with Crippen molar-refractivity contribution >= 4 is 5.97 Å². The summed E-state index contributed by atoms with van der Waals surface area (Å²) in [6.45, 7) is 2.05. The Morgan fingerprint density at radius 2 is 1.81 bits per heavy atom. The van der Waals surface area contributed by atoms with E-state index in [9.17, 15) is 9.18 Å². The largest absolute Gasteiger partial charge is 0.461 e. The van der Waals surface area contributed by atoms with Crippen LogP contribution in [-0.4, -0.2) is 22.5 Å². The summed E-state index contributed by atoms with van der Waals surface area (Å²) in [6.07, 6.45) is 4.35. The number of hydrogen-bond donors (Lipinski definition) is 0. The van der Waals surface area contributed by atoms with Crippen LogP contribution < -0.4 is 4.74 Å². The van der Waals surface area contributed by atoms with E-state index in [0.29, 0.717) is 17.1 Å². The number of carbonyl (C=O) groups excluding carboxylic acids is 1. The molecule has 0 aliphatic carbocycles. The zero-order valence-electron chi connectivity index (χ0n) is 14.2. The molecule has 0 fully saturated rings. The first-order valence-electron chi connectivity index (χ1n) is 8.08. The average molecular weight is 352 g/mol. The SMILES string of the molecule is Cc1ccc(Oc2ccc(C(=O)OCCc3ccncc3F)nc2)cc1. The Hall–Kier alpha value is -3.28. The van der Waals surface area contributed by atoms with Crippen LogP contribution >= 0.6 is 0 Å². The maximum atomic E-state index is 13.5. The van der Waals surface area contributed by atoms with Gasteiger partial charge in [-0.2, -0.15) is 0 Å². The molecule has 0 spiro atoms. The summed E-state index contributed by atoms with van der Waals surface area (Å²) < 4.78 is 24.2. The Balaban J connectivity index is 1.53. The van der Waals surface area contributed by atoms with Crippen molar-refractivity contribution in [2.24, 2.45) is 0 Å². The van der Waals surface area contributed by atoms with Crippen LogP contribution in [0.4, 0.5) is 4.39 Å². The number of benzene rings is 1. The Kier molecular flexibility index (Phi) is 5.53. The zero-order valence-corrected chi connectivity index (χ0v) is 14.2. The van der Waals surface area contributed by atoms with Crippen molar-refractivity contribution in [1.29, 1.82) is 0 Å². The lowest BCUT2D eigenvalue weighted by Gasteiger charge is -2.07. The zero-order chi connectivity index (χ0) is 18.4. The molecule has 6 heteroatoms. The second-order valence-corrected chi connectivity index (χ2v) is 5.65. The molecule has 5 nitrogen and oxygen atoms in total. The molecule has 1 aromatic carbocycles. The molecule has 0 bridgehead atoms. The number of esters is 1. The summed E-state index contributed by atoms with van der Waals surface area (Å²) in [7, 11) is 0. The minimum atomic E-state index is -0.568. The minimum Gasteiger partial charge on any atom is -0.461 e. The van der Waals surface area contributed by atoms with E-state index in [1.807, 2.05) is 31.2 Å².